The number of anilines is 1. The van der Waals surface area contributed by atoms with Gasteiger partial charge in [0.1, 0.15) is 5.82 Å². The van der Waals surface area contributed by atoms with Gasteiger partial charge >= 0.3 is 6.18 Å². The molecule has 0 saturated carbocycles. The Bertz CT molecular complexity index is 317. The normalized spacial score (nSPS) is 13.6. The molecule has 1 aromatic rings. The van der Waals surface area contributed by atoms with E-state index < -0.39 is 11.7 Å². The van der Waals surface area contributed by atoms with Gasteiger partial charge in [-0.15, -0.1) is 0 Å². The van der Waals surface area contributed by atoms with Gasteiger partial charge in [0.05, 0.1) is 5.56 Å². The molecular weight excluding hydrogens is 219 g/mol. The van der Waals surface area contributed by atoms with E-state index in [0.717, 1.165) is 18.7 Å². The Balaban J connectivity index is 2.72. The van der Waals surface area contributed by atoms with E-state index in [4.69, 9.17) is 5.73 Å². The molecule has 0 aliphatic rings. The summed E-state index contributed by atoms with van der Waals surface area (Å²) in [5.74, 6) is 0.408. The minimum atomic E-state index is -4.34. The standard InChI is InChI=1S/C10H14F3N3/c1-2-8(5-14)16-9-4-3-7(6-15-9)10(11,12)13/h3-4,6,8H,2,5,14H2,1H3,(H,15,16). The summed E-state index contributed by atoms with van der Waals surface area (Å²) in [4.78, 5) is 3.69. The molecule has 3 nitrogen and oxygen atoms in total. The Morgan fingerprint density at radius 2 is 2.12 bits per heavy atom. The Kier molecular flexibility index (Phi) is 4.12. The number of nitrogens with two attached hydrogens (primary N) is 1. The Morgan fingerprint density at radius 1 is 1.44 bits per heavy atom. The van der Waals surface area contributed by atoms with Crippen molar-refractivity contribution in [3.63, 3.8) is 0 Å². The monoisotopic (exact) mass is 233 g/mol. The van der Waals surface area contributed by atoms with Gasteiger partial charge in [-0.05, 0) is 18.6 Å². The van der Waals surface area contributed by atoms with Crippen molar-refractivity contribution in [3.8, 4) is 0 Å². The number of hydrogen-bond donors (Lipinski definition) is 2. The molecule has 0 radical (unpaired) electrons. The van der Waals surface area contributed by atoms with Crippen LogP contribution in [0, 0.1) is 0 Å². The van der Waals surface area contributed by atoms with E-state index in [2.05, 4.69) is 10.3 Å². The maximum atomic E-state index is 12.2. The van der Waals surface area contributed by atoms with Crippen molar-refractivity contribution in [2.75, 3.05) is 11.9 Å². The van der Waals surface area contributed by atoms with Gasteiger partial charge in [-0.3, -0.25) is 0 Å². The topological polar surface area (TPSA) is 50.9 Å². The first-order valence-electron chi connectivity index (χ1n) is 4.97. The fourth-order valence-electron chi connectivity index (χ4n) is 1.18. The van der Waals surface area contributed by atoms with E-state index in [0.29, 0.717) is 12.4 Å². The molecule has 1 atom stereocenters. The third-order valence-electron chi connectivity index (χ3n) is 2.22. The smallest absolute Gasteiger partial charge is 0.366 e. The minimum absolute atomic E-state index is 0.0317. The Morgan fingerprint density at radius 3 is 2.50 bits per heavy atom. The van der Waals surface area contributed by atoms with E-state index >= 15 is 0 Å². The van der Waals surface area contributed by atoms with Crippen molar-refractivity contribution in [1.29, 1.82) is 0 Å². The van der Waals surface area contributed by atoms with Crippen molar-refractivity contribution in [1.82, 2.24) is 4.98 Å². The quantitative estimate of drug-likeness (QED) is 0.838. The van der Waals surface area contributed by atoms with Gasteiger partial charge in [-0.25, -0.2) is 4.98 Å². The highest BCUT2D eigenvalue weighted by Gasteiger charge is 2.30. The summed E-state index contributed by atoms with van der Waals surface area (Å²) in [5, 5.41) is 2.95. The molecule has 0 fully saturated rings. The fraction of sp³-hybridized carbons (Fsp3) is 0.500. The van der Waals surface area contributed by atoms with Gasteiger partial charge in [-0.2, -0.15) is 13.2 Å². The van der Waals surface area contributed by atoms with Crippen LogP contribution in [-0.2, 0) is 6.18 Å². The minimum Gasteiger partial charge on any atom is -0.366 e. The first-order valence-corrected chi connectivity index (χ1v) is 4.97. The predicted molar refractivity (Wildman–Crippen MR) is 56.0 cm³/mol. The fourth-order valence-corrected chi connectivity index (χ4v) is 1.18. The molecule has 0 spiro atoms. The van der Waals surface area contributed by atoms with Crippen LogP contribution in [0.1, 0.15) is 18.9 Å². The number of hydrogen-bond acceptors (Lipinski definition) is 3. The van der Waals surface area contributed by atoms with Crippen molar-refractivity contribution >= 4 is 5.82 Å². The van der Waals surface area contributed by atoms with Crippen LogP contribution in [0.15, 0.2) is 18.3 Å². The van der Waals surface area contributed by atoms with Crippen LogP contribution in [0.5, 0.6) is 0 Å². The van der Waals surface area contributed by atoms with Crippen LogP contribution in [0.4, 0.5) is 19.0 Å². The lowest BCUT2D eigenvalue weighted by Crippen LogP contribution is -2.28. The van der Waals surface area contributed by atoms with Crippen molar-refractivity contribution < 1.29 is 13.2 Å². The number of rotatable bonds is 4. The average Bonchev–Trinajstić information content (AvgIpc) is 2.25. The highest BCUT2D eigenvalue weighted by atomic mass is 19.4. The van der Waals surface area contributed by atoms with Gasteiger partial charge < -0.3 is 11.1 Å². The molecule has 1 aromatic heterocycles. The summed E-state index contributed by atoms with van der Waals surface area (Å²) in [5.41, 5.74) is 4.71. The van der Waals surface area contributed by atoms with Gasteiger partial charge in [0, 0.05) is 18.8 Å². The first-order chi connectivity index (χ1) is 7.47. The number of nitrogens with one attached hydrogen (secondary N) is 1. The third-order valence-corrected chi connectivity index (χ3v) is 2.22. The van der Waals surface area contributed by atoms with E-state index in [1.165, 1.54) is 6.07 Å². The van der Waals surface area contributed by atoms with Crippen molar-refractivity contribution in [2.45, 2.75) is 25.6 Å². The Labute approximate surface area is 91.9 Å². The van der Waals surface area contributed by atoms with Crippen LogP contribution in [0.25, 0.3) is 0 Å². The Hall–Kier alpha value is -1.30. The number of alkyl halides is 3. The molecule has 90 valence electrons. The van der Waals surface area contributed by atoms with Crippen LogP contribution in [-0.4, -0.2) is 17.6 Å². The summed E-state index contributed by atoms with van der Waals surface area (Å²) >= 11 is 0. The second-order valence-corrected chi connectivity index (χ2v) is 3.42. The zero-order valence-corrected chi connectivity index (χ0v) is 8.88. The molecule has 1 rings (SSSR count). The summed E-state index contributed by atoms with van der Waals surface area (Å²) in [7, 11) is 0. The van der Waals surface area contributed by atoms with E-state index in [1.807, 2.05) is 6.92 Å². The SMILES string of the molecule is CCC(CN)Nc1ccc(C(F)(F)F)cn1. The molecule has 0 saturated heterocycles. The van der Waals surface area contributed by atoms with Gasteiger partial charge in [0.2, 0.25) is 0 Å². The summed E-state index contributed by atoms with van der Waals surface area (Å²) in [6.07, 6.45) is -2.74. The predicted octanol–water partition coefficient (Wildman–Crippen LogP) is 2.25. The molecule has 0 aliphatic heterocycles. The largest absolute Gasteiger partial charge is 0.417 e. The molecule has 0 aromatic carbocycles. The summed E-state index contributed by atoms with van der Waals surface area (Å²) in [6.45, 7) is 2.35. The van der Waals surface area contributed by atoms with Gasteiger partial charge in [0.15, 0.2) is 0 Å². The van der Waals surface area contributed by atoms with E-state index in [-0.39, 0.29) is 6.04 Å². The third kappa shape index (κ3) is 3.37. The van der Waals surface area contributed by atoms with Crippen LogP contribution < -0.4 is 11.1 Å². The molecule has 0 aliphatic carbocycles. The highest BCUT2D eigenvalue weighted by Crippen LogP contribution is 2.28. The maximum Gasteiger partial charge on any atom is 0.417 e. The van der Waals surface area contributed by atoms with Crippen LogP contribution in [0.2, 0.25) is 0 Å². The zero-order valence-electron chi connectivity index (χ0n) is 8.88. The summed E-state index contributed by atoms with van der Waals surface area (Å²) in [6, 6.07) is 2.34. The number of aromatic nitrogens is 1. The lowest BCUT2D eigenvalue weighted by Gasteiger charge is -2.15. The molecule has 0 bridgehead atoms. The van der Waals surface area contributed by atoms with Crippen LogP contribution >= 0.6 is 0 Å². The number of halogens is 3. The lowest BCUT2D eigenvalue weighted by molar-refractivity contribution is -0.137. The second kappa shape index (κ2) is 5.16. The second-order valence-electron chi connectivity index (χ2n) is 3.42. The molecule has 1 heterocycles. The zero-order chi connectivity index (χ0) is 12.2. The van der Waals surface area contributed by atoms with Crippen molar-refractivity contribution in [3.05, 3.63) is 23.9 Å². The highest BCUT2D eigenvalue weighted by molar-refractivity contribution is 5.37. The molecular formula is C10H14F3N3. The van der Waals surface area contributed by atoms with Gasteiger partial charge in [0.25, 0.3) is 0 Å². The van der Waals surface area contributed by atoms with E-state index in [1.54, 1.807) is 0 Å². The molecule has 16 heavy (non-hydrogen) atoms. The average molecular weight is 233 g/mol. The molecule has 1 unspecified atom stereocenters. The number of pyridine rings is 1. The molecule has 3 N–H and O–H groups in total. The van der Waals surface area contributed by atoms with E-state index in [9.17, 15) is 13.2 Å². The molecule has 6 heteroatoms. The van der Waals surface area contributed by atoms with Crippen molar-refractivity contribution in [2.24, 2.45) is 5.73 Å². The number of nitrogens with zero attached hydrogens (tertiary/aromatic N) is 1. The first kappa shape index (κ1) is 12.8. The maximum absolute atomic E-state index is 12.2. The van der Waals surface area contributed by atoms with Crippen LogP contribution in [0.3, 0.4) is 0 Å². The summed E-state index contributed by atoms with van der Waals surface area (Å²) < 4.78 is 36.7. The lowest BCUT2D eigenvalue weighted by atomic mass is 10.2. The molecule has 0 amide bonds. The van der Waals surface area contributed by atoms with Gasteiger partial charge in [-0.1, -0.05) is 6.92 Å².